The lowest BCUT2D eigenvalue weighted by Crippen LogP contribution is -2.23. The highest BCUT2D eigenvalue weighted by Gasteiger charge is 2.19. The number of aryl methyl sites for hydroxylation is 1. The van der Waals surface area contributed by atoms with Gasteiger partial charge in [0.05, 0.1) is 12.0 Å². The number of hydrogen-bond acceptors (Lipinski definition) is 3. The minimum atomic E-state index is -2.53. The molecule has 1 unspecified atom stereocenters. The first-order valence-electron chi connectivity index (χ1n) is 11.6. The van der Waals surface area contributed by atoms with Crippen LogP contribution in [0.15, 0.2) is 35.1 Å². The quantitative estimate of drug-likeness (QED) is 0.337. The molecule has 1 atom stereocenters. The Hall–Kier alpha value is -1.82. The lowest BCUT2D eigenvalue weighted by Gasteiger charge is -2.23. The van der Waals surface area contributed by atoms with Crippen LogP contribution in [0, 0.1) is 11.3 Å². The van der Waals surface area contributed by atoms with Gasteiger partial charge >= 0.3 is 0 Å². The summed E-state index contributed by atoms with van der Waals surface area (Å²) in [6, 6.07) is 0. The van der Waals surface area contributed by atoms with Gasteiger partial charge in [0.15, 0.2) is 0 Å². The van der Waals surface area contributed by atoms with E-state index in [-0.39, 0.29) is 18.3 Å². The monoisotopic (exact) mass is 434 g/mol. The number of rotatable bonds is 10. The Morgan fingerprint density at radius 3 is 2.84 bits per heavy atom. The van der Waals surface area contributed by atoms with Crippen LogP contribution in [0.2, 0.25) is 0 Å². The van der Waals surface area contributed by atoms with Crippen molar-refractivity contribution in [2.75, 3.05) is 13.1 Å². The second kappa shape index (κ2) is 12.3. The maximum Gasteiger partial charge on any atom is 0.280 e. The summed E-state index contributed by atoms with van der Waals surface area (Å²) in [6.45, 7) is 14.9. The molecule has 1 aliphatic rings. The molecule has 6 heteroatoms. The van der Waals surface area contributed by atoms with E-state index in [1.165, 1.54) is 41.3 Å². The molecule has 4 nitrogen and oxygen atoms in total. The number of aromatic nitrogens is 2. The molecule has 0 saturated carbocycles. The second-order valence-electron chi connectivity index (χ2n) is 9.49. The SMILES string of the molecule is C=C1CCCC(C)(C)CCC=C1CCNCC(C)C=NCn1cnc(CC)c1C(F)F. The second-order valence-corrected chi connectivity index (χ2v) is 9.49. The van der Waals surface area contributed by atoms with Crippen LogP contribution in [-0.2, 0) is 13.1 Å². The third-order valence-corrected chi connectivity index (χ3v) is 6.13. The standard InChI is InChI=1S/C25H40F2N4/c1-6-22-23(24(26)27)31(18-30-22)17-29-16-19(2)15-28-14-11-21-10-8-13-25(4,5)12-7-9-20(21)3/h10,16,18-19,24,28H,3,6-9,11-15,17H2,1-2,4-5H3. The van der Waals surface area contributed by atoms with Crippen molar-refractivity contribution in [3.8, 4) is 0 Å². The van der Waals surface area contributed by atoms with Crippen molar-refractivity contribution < 1.29 is 8.78 Å². The molecule has 1 aromatic heterocycles. The Bertz CT molecular complexity index is 762. The summed E-state index contributed by atoms with van der Waals surface area (Å²) in [6.07, 6.45) is 10.6. The fourth-order valence-electron chi connectivity index (χ4n) is 4.12. The Morgan fingerprint density at radius 1 is 1.35 bits per heavy atom. The first kappa shape index (κ1) is 25.4. The minimum absolute atomic E-state index is 0.0164. The molecule has 0 fully saturated rings. The lowest BCUT2D eigenvalue weighted by atomic mass is 9.83. The molecule has 0 saturated heterocycles. The highest BCUT2D eigenvalue weighted by Crippen LogP contribution is 2.33. The number of nitrogens with zero attached hydrogens (tertiary/aromatic N) is 3. The van der Waals surface area contributed by atoms with Crippen LogP contribution in [0.1, 0.15) is 84.0 Å². The molecule has 1 heterocycles. The van der Waals surface area contributed by atoms with E-state index in [1.807, 2.05) is 13.1 Å². The van der Waals surface area contributed by atoms with Crippen LogP contribution >= 0.6 is 0 Å². The van der Waals surface area contributed by atoms with E-state index in [9.17, 15) is 8.78 Å². The molecule has 1 N–H and O–H groups in total. The van der Waals surface area contributed by atoms with Crippen molar-refractivity contribution >= 4 is 6.21 Å². The average molecular weight is 435 g/mol. The lowest BCUT2D eigenvalue weighted by molar-refractivity contribution is 0.140. The van der Waals surface area contributed by atoms with Gasteiger partial charge < -0.3 is 9.88 Å². The van der Waals surface area contributed by atoms with E-state index >= 15 is 0 Å². The van der Waals surface area contributed by atoms with Gasteiger partial charge in [0.2, 0.25) is 0 Å². The highest BCUT2D eigenvalue weighted by molar-refractivity contribution is 5.60. The van der Waals surface area contributed by atoms with Crippen LogP contribution in [0.25, 0.3) is 0 Å². The summed E-state index contributed by atoms with van der Waals surface area (Å²) in [5, 5.41) is 3.50. The van der Waals surface area contributed by atoms with E-state index in [0.717, 1.165) is 32.4 Å². The molecule has 1 aromatic rings. The Labute approximate surface area is 186 Å². The molecule has 0 bridgehead atoms. The fraction of sp³-hybridized carbons (Fsp3) is 0.680. The van der Waals surface area contributed by atoms with Gasteiger partial charge in [-0.3, -0.25) is 4.99 Å². The normalized spacial score (nSPS) is 18.7. The molecule has 0 aliphatic heterocycles. The van der Waals surface area contributed by atoms with Gasteiger partial charge in [-0.05, 0) is 62.5 Å². The predicted octanol–water partition coefficient (Wildman–Crippen LogP) is 6.50. The van der Waals surface area contributed by atoms with Crippen molar-refractivity contribution in [3.05, 3.63) is 41.5 Å². The Balaban J connectivity index is 1.76. The van der Waals surface area contributed by atoms with Crippen LogP contribution in [0.4, 0.5) is 8.78 Å². The van der Waals surface area contributed by atoms with Crippen molar-refractivity contribution in [2.45, 2.75) is 85.7 Å². The summed E-state index contributed by atoms with van der Waals surface area (Å²) in [5.41, 5.74) is 3.54. The maximum atomic E-state index is 13.3. The maximum absolute atomic E-state index is 13.3. The molecular formula is C25H40F2N4. The first-order valence-corrected chi connectivity index (χ1v) is 11.6. The third-order valence-electron chi connectivity index (χ3n) is 6.13. The molecular weight excluding hydrogens is 394 g/mol. The summed E-state index contributed by atoms with van der Waals surface area (Å²) in [4.78, 5) is 8.43. The zero-order chi connectivity index (χ0) is 22.9. The molecule has 0 aromatic carbocycles. The van der Waals surface area contributed by atoms with Gasteiger partial charge in [0, 0.05) is 18.7 Å². The zero-order valence-electron chi connectivity index (χ0n) is 19.8. The van der Waals surface area contributed by atoms with E-state index in [1.54, 1.807) is 0 Å². The van der Waals surface area contributed by atoms with E-state index in [2.05, 4.69) is 48.7 Å². The first-order chi connectivity index (χ1) is 14.7. The molecule has 2 rings (SSSR count). The molecule has 0 amide bonds. The molecule has 0 radical (unpaired) electrons. The van der Waals surface area contributed by atoms with Crippen molar-refractivity contribution in [1.82, 2.24) is 14.9 Å². The molecule has 0 spiro atoms. The van der Waals surface area contributed by atoms with Gasteiger partial charge in [0.1, 0.15) is 12.4 Å². The van der Waals surface area contributed by atoms with Gasteiger partial charge in [-0.2, -0.15) is 0 Å². The van der Waals surface area contributed by atoms with E-state index in [4.69, 9.17) is 0 Å². The topological polar surface area (TPSA) is 42.2 Å². The number of alkyl halides is 2. The smallest absolute Gasteiger partial charge is 0.280 e. The summed E-state index contributed by atoms with van der Waals surface area (Å²) in [7, 11) is 0. The van der Waals surface area contributed by atoms with E-state index in [0.29, 0.717) is 17.5 Å². The van der Waals surface area contributed by atoms with Gasteiger partial charge in [0.25, 0.3) is 6.43 Å². The Kier molecular flexibility index (Phi) is 10.1. The van der Waals surface area contributed by atoms with Gasteiger partial charge in [-0.1, -0.05) is 45.9 Å². The van der Waals surface area contributed by atoms with Gasteiger partial charge in [-0.25, -0.2) is 13.8 Å². The van der Waals surface area contributed by atoms with Gasteiger partial charge in [-0.15, -0.1) is 0 Å². The summed E-state index contributed by atoms with van der Waals surface area (Å²) < 4.78 is 28.0. The number of imidazole rings is 1. The molecule has 174 valence electrons. The van der Waals surface area contributed by atoms with Crippen molar-refractivity contribution in [3.63, 3.8) is 0 Å². The zero-order valence-corrected chi connectivity index (χ0v) is 19.8. The predicted molar refractivity (Wildman–Crippen MR) is 126 cm³/mol. The fourth-order valence-corrected chi connectivity index (χ4v) is 4.12. The minimum Gasteiger partial charge on any atom is -0.316 e. The highest BCUT2D eigenvalue weighted by atomic mass is 19.3. The third kappa shape index (κ3) is 8.32. The number of aliphatic imine (C=N–C) groups is 1. The summed E-state index contributed by atoms with van der Waals surface area (Å²) >= 11 is 0. The molecule has 1 aliphatic carbocycles. The number of allylic oxidation sites excluding steroid dienone is 2. The van der Waals surface area contributed by atoms with Crippen LogP contribution in [0.3, 0.4) is 0 Å². The number of nitrogens with one attached hydrogen (secondary N) is 1. The Morgan fingerprint density at radius 2 is 2.13 bits per heavy atom. The van der Waals surface area contributed by atoms with Crippen molar-refractivity contribution in [1.29, 1.82) is 0 Å². The van der Waals surface area contributed by atoms with Crippen LogP contribution < -0.4 is 5.32 Å². The van der Waals surface area contributed by atoms with E-state index < -0.39 is 6.43 Å². The average Bonchev–Trinajstić information content (AvgIpc) is 3.13. The number of hydrogen-bond donors (Lipinski definition) is 1. The molecule has 31 heavy (non-hydrogen) atoms. The number of halogens is 2. The van der Waals surface area contributed by atoms with Crippen LogP contribution in [-0.4, -0.2) is 28.9 Å². The van der Waals surface area contributed by atoms with Crippen LogP contribution in [0.5, 0.6) is 0 Å². The van der Waals surface area contributed by atoms with Crippen molar-refractivity contribution in [2.24, 2.45) is 16.3 Å². The summed E-state index contributed by atoms with van der Waals surface area (Å²) in [5.74, 6) is 0.225. The largest absolute Gasteiger partial charge is 0.316 e.